The molecule has 64 heavy (non-hydrogen) atoms. The van der Waals surface area contributed by atoms with Gasteiger partial charge in [-0.15, -0.1) is 0 Å². The van der Waals surface area contributed by atoms with Gasteiger partial charge in [0.2, 0.25) is 11.8 Å². The third kappa shape index (κ3) is 12.2. The first kappa shape index (κ1) is 50.5. The van der Waals surface area contributed by atoms with Crippen LogP contribution in [0.2, 0.25) is 0 Å². The van der Waals surface area contributed by atoms with Crippen molar-refractivity contribution in [3.8, 4) is 11.5 Å². The van der Waals surface area contributed by atoms with Crippen molar-refractivity contribution >= 4 is 23.7 Å². The summed E-state index contributed by atoms with van der Waals surface area (Å²) in [6.07, 6.45) is -24.6. The molecule has 5 rings (SSSR count). The highest BCUT2D eigenvalue weighted by molar-refractivity contribution is 5.94. The Bertz CT molecular complexity index is 1850. The van der Waals surface area contributed by atoms with E-state index in [2.05, 4.69) is 16.0 Å². The highest BCUT2D eigenvalue weighted by atomic mass is 16.8. The first-order valence-corrected chi connectivity index (χ1v) is 20.3. The number of carboxylic acids is 1. The van der Waals surface area contributed by atoms with Crippen molar-refractivity contribution in [2.24, 2.45) is 5.73 Å². The molecule has 2 aromatic carbocycles. The van der Waals surface area contributed by atoms with E-state index in [1.165, 1.54) is 24.3 Å². The van der Waals surface area contributed by atoms with E-state index in [-0.39, 0.29) is 18.7 Å². The summed E-state index contributed by atoms with van der Waals surface area (Å²) in [6.45, 7) is -0.262. The lowest BCUT2D eigenvalue weighted by Crippen LogP contribution is -2.69. The van der Waals surface area contributed by atoms with Crippen molar-refractivity contribution in [2.75, 3.05) is 32.9 Å². The van der Waals surface area contributed by atoms with Crippen LogP contribution in [0.5, 0.6) is 11.5 Å². The third-order valence-electron chi connectivity index (χ3n) is 10.6. The van der Waals surface area contributed by atoms with E-state index >= 15 is 0 Å². The second-order valence-corrected chi connectivity index (χ2v) is 15.4. The molecule has 0 aromatic heterocycles. The van der Waals surface area contributed by atoms with Gasteiger partial charge < -0.3 is 101 Å². The number of hydrogen-bond donors (Lipinski definition) is 13. The van der Waals surface area contributed by atoms with Crippen molar-refractivity contribution in [3.63, 3.8) is 0 Å². The number of carboxylic acid groups (broad SMARTS) is 1. The summed E-state index contributed by atoms with van der Waals surface area (Å²) < 4.78 is 39.8. The maximum absolute atomic E-state index is 13.0. The molecule has 3 aliphatic heterocycles. The highest BCUT2D eigenvalue weighted by Crippen LogP contribution is 2.36. The minimum absolute atomic E-state index is 0.0353. The molecule has 16 atom stereocenters. The van der Waals surface area contributed by atoms with Crippen LogP contribution in [0.1, 0.15) is 30.6 Å². The lowest BCUT2D eigenvalue weighted by molar-refractivity contribution is -0.359. The number of aliphatic hydroxyl groups excluding tert-OH is 8. The Hall–Kier alpha value is -4.48. The number of aliphatic hydroxyl groups is 8. The SMILES string of the molecule is CC(=O)N[C@H]1[C@H](OCCN)O[C@H](CO)[C@@H](O[C@@H]2O[C@H](CO[C@]3(C(=O)O)C[C@H](O)[C@@H](NC(C)=O)[C@H]([C@H](O)[C@H](O)CNC(=O)c4ccc(Oc5ccccc5)cc4)O3)[C@H](O)[C@H](O)[C@H]2O)[C@@H]1O. The van der Waals surface area contributed by atoms with E-state index in [0.29, 0.717) is 11.5 Å². The zero-order valence-corrected chi connectivity index (χ0v) is 34.7. The molecular formula is C40H56N4O20. The summed E-state index contributed by atoms with van der Waals surface area (Å²) in [7, 11) is 0. The molecule has 3 fully saturated rings. The fourth-order valence-corrected chi connectivity index (χ4v) is 7.38. The first-order valence-electron chi connectivity index (χ1n) is 20.3. The monoisotopic (exact) mass is 912 g/mol. The molecule has 0 aliphatic carbocycles. The van der Waals surface area contributed by atoms with E-state index in [1.54, 1.807) is 24.3 Å². The molecule has 0 saturated carbocycles. The summed E-state index contributed by atoms with van der Waals surface area (Å²) in [5.41, 5.74) is 5.65. The summed E-state index contributed by atoms with van der Waals surface area (Å²) in [5.74, 6) is -5.86. The number of para-hydroxylation sites is 1. The summed E-state index contributed by atoms with van der Waals surface area (Å²) >= 11 is 0. The van der Waals surface area contributed by atoms with Gasteiger partial charge in [-0.3, -0.25) is 14.4 Å². The molecule has 3 saturated heterocycles. The number of benzene rings is 2. The van der Waals surface area contributed by atoms with Crippen LogP contribution in [0.15, 0.2) is 54.6 Å². The van der Waals surface area contributed by atoms with Crippen LogP contribution in [0.3, 0.4) is 0 Å². The van der Waals surface area contributed by atoms with Gasteiger partial charge in [0, 0.05) is 38.9 Å². The first-order chi connectivity index (χ1) is 30.4. The number of amides is 3. The molecule has 0 bridgehead atoms. The largest absolute Gasteiger partial charge is 0.477 e. The molecule has 0 radical (unpaired) electrons. The third-order valence-corrected chi connectivity index (χ3v) is 10.6. The topological polar surface area (TPSA) is 377 Å². The van der Waals surface area contributed by atoms with Gasteiger partial charge in [0.05, 0.1) is 38.1 Å². The van der Waals surface area contributed by atoms with Crippen LogP contribution in [0.4, 0.5) is 0 Å². The average Bonchev–Trinajstić information content (AvgIpc) is 3.26. The average molecular weight is 913 g/mol. The number of hydrogen-bond acceptors (Lipinski definition) is 20. The van der Waals surface area contributed by atoms with E-state index in [0.717, 1.165) is 13.8 Å². The fraction of sp³-hybridized carbons (Fsp3) is 0.600. The molecule has 14 N–H and O–H groups in total. The molecule has 356 valence electrons. The molecule has 2 aromatic rings. The lowest BCUT2D eigenvalue weighted by Gasteiger charge is -2.48. The van der Waals surface area contributed by atoms with Crippen molar-refractivity contribution in [1.82, 2.24) is 16.0 Å². The molecule has 3 aliphatic rings. The van der Waals surface area contributed by atoms with Gasteiger partial charge in [0.15, 0.2) is 12.6 Å². The van der Waals surface area contributed by atoms with Gasteiger partial charge in [-0.1, -0.05) is 18.2 Å². The summed E-state index contributed by atoms with van der Waals surface area (Å²) in [4.78, 5) is 50.0. The second kappa shape index (κ2) is 22.6. The maximum atomic E-state index is 13.0. The Kier molecular flexibility index (Phi) is 17.9. The van der Waals surface area contributed by atoms with Gasteiger partial charge in [-0.25, -0.2) is 4.79 Å². The minimum Gasteiger partial charge on any atom is -0.477 e. The second-order valence-electron chi connectivity index (χ2n) is 15.4. The number of carbonyl (C=O) groups is 4. The number of rotatable bonds is 19. The van der Waals surface area contributed by atoms with Gasteiger partial charge in [0.25, 0.3) is 11.7 Å². The normalized spacial score (nSPS) is 33.9. The van der Waals surface area contributed by atoms with Crippen molar-refractivity contribution in [2.45, 2.75) is 118 Å². The van der Waals surface area contributed by atoms with Crippen LogP contribution in [-0.2, 0) is 42.8 Å². The number of aliphatic carboxylic acids is 1. The fourth-order valence-electron chi connectivity index (χ4n) is 7.38. The Morgan fingerprint density at radius 2 is 1.45 bits per heavy atom. The number of carbonyl (C=O) groups excluding carboxylic acids is 3. The minimum atomic E-state index is -2.91. The number of nitrogens with two attached hydrogens (primary N) is 1. The summed E-state index contributed by atoms with van der Waals surface area (Å²) in [6, 6.07) is 12.0. The van der Waals surface area contributed by atoms with Crippen molar-refractivity contribution in [3.05, 3.63) is 60.2 Å². The van der Waals surface area contributed by atoms with E-state index in [4.69, 9.17) is 38.9 Å². The van der Waals surface area contributed by atoms with Crippen molar-refractivity contribution in [1.29, 1.82) is 0 Å². The van der Waals surface area contributed by atoms with Crippen LogP contribution in [0, 0.1) is 0 Å². The Labute approximate surface area is 365 Å². The highest BCUT2D eigenvalue weighted by Gasteiger charge is 2.57. The predicted octanol–water partition coefficient (Wildman–Crippen LogP) is -4.87. The standard InChI is InChI=1S/C40H56N4O20/c1-18(46)43-27-23(48)14-40(39(56)57,64-35(27)29(50)24(49)15-42-36(55)20-8-10-22(11-9-20)60-21-6-4-3-5-7-21)59-17-26-30(51)32(53)33(54)38(62-26)63-34-25(16-45)61-37(58-13-12-41)28(31(34)52)44-19(2)47/h3-11,23-35,37-38,45,48-54H,12-17,41H2,1-2H3,(H,42,55)(H,43,46)(H,44,47)(H,56,57)/t23-,24+,25+,26+,27+,28+,29+,30-,31+,32-,33+,34+,35+,37+,38-,40+/m0/s1. The van der Waals surface area contributed by atoms with Gasteiger partial charge in [-0.2, -0.15) is 0 Å². The Morgan fingerprint density at radius 3 is 2.06 bits per heavy atom. The van der Waals surface area contributed by atoms with Crippen LogP contribution < -0.4 is 26.4 Å². The summed E-state index contributed by atoms with van der Waals surface area (Å²) in [5, 5.41) is 105. The molecule has 3 heterocycles. The van der Waals surface area contributed by atoms with E-state index in [1.807, 2.05) is 6.07 Å². The lowest BCUT2D eigenvalue weighted by atomic mass is 9.88. The number of nitrogens with one attached hydrogen (secondary N) is 3. The zero-order valence-electron chi connectivity index (χ0n) is 34.7. The molecule has 0 spiro atoms. The molecule has 24 heteroatoms. The molecule has 24 nitrogen and oxygen atoms in total. The molecule has 3 amide bonds. The maximum Gasteiger partial charge on any atom is 0.364 e. The predicted molar refractivity (Wildman–Crippen MR) is 213 cm³/mol. The van der Waals surface area contributed by atoms with Crippen LogP contribution >= 0.6 is 0 Å². The van der Waals surface area contributed by atoms with E-state index in [9.17, 15) is 65.1 Å². The smallest absolute Gasteiger partial charge is 0.364 e. The Morgan fingerprint density at radius 1 is 0.828 bits per heavy atom. The molecule has 0 unspecified atom stereocenters. The van der Waals surface area contributed by atoms with Crippen LogP contribution in [0.25, 0.3) is 0 Å². The zero-order chi connectivity index (χ0) is 46.9. The number of ether oxygens (including phenoxy) is 7. The van der Waals surface area contributed by atoms with Gasteiger partial charge >= 0.3 is 5.97 Å². The van der Waals surface area contributed by atoms with E-state index < -0.39 is 147 Å². The quantitative estimate of drug-likeness (QED) is 0.0628. The van der Waals surface area contributed by atoms with Gasteiger partial charge in [-0.05, 0) is 36.4 Å². The Balaban J connectivity index is 1.28. The van der Waals surface area contributed by atoms with Crippen LogP contribution in [-0.4, -0.2) is 200 Å². The van der Waals surface area contributed by atoms with Gasteiger partial charge in [0.1, 0.15) is 72.5 Å². The molecular weight excluding hydrogens is 856 g/mol. The van der Waals surface area contributed by atoms with Crippen molar-refractivity contribution < 1.29 is 98.3 Å².